The lowest BCUT2D eigenvalue weighted by atomic mass is 10.1. The topological polar surface area (TPSA) is 30.5 Å². The first-order valence-corrected chi connectivity index (χ1v) is 7.36. The summed E-state index contributed by atoms with van der Waals surface area (Å²) < 4.78 is 0. The summed E-state index contributed by atoms with van der Waals surface area (Å²) in [6, 6.07) is 8.86. The van der Waals surface area contributed by atoms with Crippen molar-refractivity contribution in [3.8, 4) is 0 Å². The lowest BCUT2D eigenvalue weighted by molar-refractivity contribution is 0.399. The molecule has 0 amide bonds. The molecule has 22 heavy (non-hydrogen) atoms. The third-order valence-electron chi connectivity index (χ3n) is 3.15. The van der Waals surface area contributed by atoms with E-state index in [-0.39, 0.29) is 24.8 Å². The minimum Gasteiger partial charge on any atom is -0.311 e. The minimum atomic E-state index is 0. The predicted octanol–water partition coefficient (Wildman–Crippen LogP) is 1.83. The Morgan fingerprint density at radius 2 is 1.00 bits per heavy atom. The molecular weight excluding hydrogens is 319 g/mol. The zero-order valence-electron chi connectivity index (χ0n) is 14.3. The third kappa shape index (κ3) is 12.2. The van der Waals surface area contributed by atoms with E-state index in [9.17, 15) is 0 Å². The van der Waals surface area contributed by atoms with Crippen molar-refractivity contribution in [2.45, 2.75) is 13.1 Å². The van der Waals surface area contributed by atoms with E-state index in [1.807, 2.05) is 0 Å². The molecule has 0 aromatic heterocycles. The Bertz CT molecular complexity index is 321. The molecule has 130 valence electrons. The van der Waals surface area contributed by atoms with Crippen molar-refractivity contribution < 1.29 is 0 Å². The summed E-state index contributed by atoms with van der Waals surface area (Å²) in [5.74, 6) is 0. The van der Waals surface area contributed by atoms with Crippen molar-refractivity contribution in [2.24, 2.45) is 0 Å². The van der Waals surface area contributed by atoms with Crippen molar-refractivity contribution in [1.82, 2.24) is 20.4 Å². The first kappa shape index (κ1) is 23.9. The summed E-state index contributed by atoms with van der Waals surface area (Å²) in [5, 5.41) is 6.91. The predicted molar refractivity (Wildman–Crippen MR) is 101 cm³/mol. The number of nitrogens with zero attached hydrogens (tertiary/aromatic N) is 2. The highest BCUT2D eigenvalue weighted by Gasteiger charge is 1.96. The molecule has 0 unspecified atom stereocenters. The van der Waals surface area contributed by atoms with Crippen LogP contribution in [0, 0.1) is 0 Å². The number of benzene rings is 1. The van der Waals surface area contributed by atoms with Crippen LogP contribution in [-0.2, 0) is 13.1 Å². The molecular formula is C16H32Cl2N4. The fourth-order valence-electron chi connectivity index (χ4n) is 1.85. The van der Waals surface area contributed by atoms with Gasteiger partial charge < -0.3 is 20.4 Å². The van der Waals surface area contributed by atoms with Crippen molar-refractivity contribution in [2.75, 3.05) is 54.4 Å². The van der Waals surface area contributed by atoms with Gasteiger partial charge in [-0.15, -0.1) is 24.8 Å². The standard InChI is InChI=1S/C16H30N4.2ClH/c1-19(2)11-9-17-13-15-5-7-16(8-6-15)14-18-10-12-20(3)4;;/h5-8,17-18H,9-14H2,1-4H3;2*1H. The van der Waals surface area contributed by atoms with E-state index >= 15 is 0 Å². The zero-order chi connectivity index (χ0) is 14.8. The zero-order valence-corrected chi connectivity index (χ0v) is 15.9. The van der Waals surface area contributed by atoms with Gasteiger partial charge in [-0.3, -0.25) is 0 Å². The molecule has 0 saturated carbocycles. The Hall–Kier alpha value is -0.360. The molecule has 1 rings (SSSR count). The van der Waals surface area contributed by atoms with Gasteiger partial charge >= 0.3 is 0 Å². The molecule has 0 saturated heterocycles. The van der Waals surface area contributed by atoms with Crippen molar-refractivity contribution in [3.63, 3.8) is 0 Å². The molecule has 6 heteroatoms. The molecule has 0 spiro atoms. The first-order chi connectivity index (χ1) is 9.58. The highest BCUT2D eigenvalue weighted by molar-refractivity contribution is 5.85. The second-order valence-electron chi connectivity index (χ2n) is 5.78. The summed E-state index contributed by atoms with van der Waals surface area (Å²) in [6.45, 7) is 6.10. The van der Waals surface area contributed by atoms with Gasteiger partial charge in [0.25, 0.3) is 0 Å². The van der Waals surface area contributed by atoms with Gasteiger partial charge in [0.2, 0.25) is 0 Å². The fourth-order valence-corrected chi connectivity index (χ4v) is 1.85. The van der Waals surface area contributed by atoms with Gasteiger partial charge in [-0.1, -0.05) is 24.3 Å². The quantitative estimate of drug-likeness (QED) is 0.630. The number of hydrogen-bond donors (Lipinski definition) is 2. The molecule has 0 aliphatic heterocycles. The molecule has 0 atom stereocenters. The number of hydrogen-bond acceptors (Lipinski definition) is 4. The minimum absolute atomic E-state index is 0. The fraction of sp³-hybridized carbons (Fsp3) is 0.625. The Morgan fingerprint density at radius 3 is 1.27 bits per heavy atom. The van der Waals surface area contributed by atoms with Crippen LogP contribution in [-0.4, -0.2) is 64.2 Å². The summed E-state index contributed by atoms with van der Waals surface area (Å²) in [6.07, 6.45) is 0. The third-order valence-corrected chi connectivity index (χ3v) is 3.15. The summed E-state index contributed by atoms with van der Waals surface area (Å²) in [5.41, 5.74) is 2.70. The van der Waals surface area contributed by atoms with Gasteiger partial charge in [-0.2, -0.15) is 0 Å². The normalized spacial score (nSPS) is 10.5. The van der Waals surface area contributed by atoms with Gasteiger partial charge in [0, 0.05) is 39.3 Å². The van der Waals surface area contributed by atoms with Gasteiger partial charge in [-0.25, -0.2) is 0 Å². The van der Waals surface area contributed by atoms with Gasteiger partial charge in [0.15, 0.2) is 0 Å². The van der Waals surface area contributed by atoms with E-state index in [0.29, 0.717) is 0 Å². The van der Waals surface area contributed by atoms with Gasteiger partial charge in [0.1, 0.15) is 0 Å². The Morgan fingerprint density at radius 1 is 0.682 bits per heavy atom. The second kappa shape index (κ2) is 14.2. The molecule has 0 radical (unpaired) electrons. The van der Waals surface area contributed by atoms with Gasteiger partial charge in [-0.05, 0) is 39.3 Å². The van der Waals surface area contributed by atoms with E-state index in [2.05, 4.69) is 72.9 Å². The Kier molecular flexibility index (Phi) is 15.5. The smallest absolute Gasteiger partial charge is 0.0206 e. The first-order valence-electron chi connectivity index (χ1n) is 7.36. The van der Waals surface area contributed by atoms with Crippen molar-refractivity contribution in [3.05, 3.63) is 35.4 Å². The molecule has 0 heterocycles. The van der Waals surface area contributed by atoms with Crippen LogP contribution in [0.2, 0.25) is 0 Å². The van der Waals surface area contributed by atoms with Crippen LogP contribution in [0.3, 0.4) is 0 Å². The molecule has 0 bridgehead atoms. The molecule has 0 aliphatic rings. The van der Waals surface area contributed by atoms with Crippen LogP contribution in [0.25, 0.3) is 0 Å². The Balaban J connectivity index is 0. The average Bonchev–Trinajstić information content (AvgIpc) is 2.41. The van der Waals surface area contributed by atoms with Crippen LogP contribution in [0.4, 0.5) is 0 Å². The molecule has 0 aliphatic carbocycles. The number of rotatable bonds is 10. The van der Waals surface area contributed by atoms with Crippen LogP contribution >= 0.6 is 24.8 Å². The molecule has 0 fully saturated rings. The lowest BCUT2D eigenvalue weighted by Gasteiger charge is -2.11. The van der Waals surface area contributed by atoms with Crippen LogP contribution in [0.15, 0.2) is 24.3 Å². The molecule has 1 aromatic rings. The molecule has 2 N–H and O–H groups in total. The van der Waals surface area contributed by atoms with Crippen molar-refractivity contribution >= 4 is 24.8 Å². The lowest BCUT2D eigenvalue weighted by Crippen LogP contribution is -2.26. The number of halogens is 2. The van der Waals surface area contributed by atoms with Crippen LogP contribution in [0.5, 0.6) is 0 Å². The number of likely N-dealkylation sites (N-methyl/N-ethyl adjacent to an activating group) is 2. The maximum Gasteiger partial charge on any atom is 0.0206 e. The van der Waals surface area contributed by atoms with Crippen LogP contribution in [0.1, 0.15) is 11.1 Å². The highest BCUT2D eigenvalue weighted by atomic mass is 35.5. The van der Waals surface area contributed by atoms with Gasteiger partial charge in [0.05, 0.1) is 0 Å². The van der Waals surface area contributed by atoms with E-state index in [4.69, 9.17) is 0 Å². The summed E-state index contributed by atoms with van der Waals surface area (Å²) in [7, 11) is 8.39. The van der Waals surface area contributed by atoms with E-state index < -0.39 is 0 Å². The second-order valence-corrected chi connectivity index (χ2v) is 5.78. The SMILES string of the molecule is CN(C)CCNCc1ccc(CNCCN(C)C)cc1.Cl.Cl. The average molecular weight is 351 g/mol. The maximum atomic E-state index is 3.45. The van der Waals surface area contributed by atoms with Crippen LogP contribution < -0.4 is 10.6 Å². The van der Waals surface area contributed by atoms with E-state index in [1.165, 1.54) is 11.1 Å². The monoisotopic (exact) mass is 350 g/mol. The van der Waals surface area contributed by atoms with E-state index in [1.54, 1.807) is 0 Å². The largest absolute Gasteiger partial charge is 0.311 e. The highest BCUT2D eigenvalue weighted by Crippen LogP contribution is 2.04. The van der Waals surface area contributed by atoms with E-state index in [0.717, 1.165) is 39.3 Å². The molecule has 1 aromatic carbocycles. The number of nitrogens with one attached hydrogen (secondary N) is 2. The molecule has 4 nitrogen and oxygen atoms in total. The summed E-state index contributed by atoms with van der Waals surface area (Å²) >= 11 is 0. The summed E-state index contributed by atoms with van der Waals surface area (Å²) in [4.78, 5) is 4.38. The van der Waals surface area contributed by atoms with Crippen molar-refractivity contribution in [1.29, 1.82) is 0 Å². The maximum absolute atomic E-state index is 3.45. The Labute approximate surface area is 148 Å².